The molecule has 3 rings (SSSR count). The van der Waals surface area contributed by atoms with Crippen molar-refractivity contribution in [3.63, 3.8) is 0 Å². The fraction of sp³-hybridized carbons (Fsp3) is 0.312. The SMILES string of the molecule is Cc1cnccc1CN(C)c1ncnc2sc(C)c(C)c12. The summed E-state index contributed by atoms with van der Waals surface area (Å²) >= 11 is 1.73. The zero-order valence-electron chi connectivity index (χ0n) is 12.7. The molecular formula is C16H18N4S. The fourth-order valence-corrected chi connectivity index (χ4v) is 3.45. The predicted octanol–water partition coefficient (Wildman–Crippen LogP) is 3.65. The van der Waals surface area contributed by atoms with Crippen molar-refractivity contribution < 1.29 is 0 Å². The van der Waals surface area contributed by atoms with Gasteiger partial charge in [-0.3, -0.25) is 4.98 Å². The minimum Gasteiger partial charge on any atom is -0.355 e. The number of anilines is 1. The minimum atomic E-state index is 0.814. The zero-order chi connectivity index (χ0) is 15.0. The van der Waals surface area contributed by atoms with E-state index in [9.17, 15) is 0 Å². The second kappa shape index (κ2) is 5.41. The lowest BCUT2D eigenvalue weighted by molar-refractivity contribution is 0.889. The molecule has 0 aliphatic heterocycles. The minimum absolute atomic E-state index is 0.814. The summed E-state index contributed by atoms with van der Waals surface area (Å²) < 4.78 is 0. The number of rotatable bonds is 3. The van der Waals surface area contributed by atoms with Gasteiger partial charge in [0.25, 0.3) is 0 Å². The van der Waals surface area contributed by atoms with Crippen molar-refractivity contribution in [1.82, 2.24) is 15.0 Å². The maximum absolute atomic E-state index is 4.51. The van der Waals surface area contributed by atoms with Crippen molar-refractivity contribution in [3.05, 3.63) is 46.4 Å². The van der Waals surface area contributed by atoms with Crippen molar-refractivity contribution in [1.29, 1.82) is 0 Å². The van der Waals surface area contributed by atoms with Crippen LogP contribution >= 0.6 is 11.3 Å². The maximum atomic E-state index is 4.51. The highest BCUT2D eigenvalue weighted by Crippen LogP contribution is 2.34. The average Bonchev–Trinajstić information content (AvgIpc) is 2.76. The molecule has 0 aliphatic carbocycles. The van der Waals surface area contributed by atoms with Gasteiger partial charge in [-0.25, -0.2) is 9.97 Å². The highest BCUT2D eigenvalue weighted by molar-refractivity contribution is 7.18. The van der Waals surface area contributed by atoms with Crippen LogP contribution in [0.2, 0.25) is 0 Å². The summed E-state index contributed by atoms with van der Waals surface area (Å²) in [5, 5.41) is 1.18. The highest BCUT2D eigenvalue weighted by atomic mass is 32.1. The van der Waals surface area contributed by atoms with E-state index in [4.69, 9.17) is 0 Å². The van der Waals surface area contributed by atoms with Crippen molar-refractivity contribution in [2.24, 2.45) is 0 Å². The first-order valence-electron chi connectivity index (χ1n) is 6.89. The molecule has 0 amide bonds. The van der Waals surface area contributed by atoms with Crippen molar-refractivity contribution in [2.45, 2.75) is 27.3 Å². The second-order valence-corrected chi connectivity index (χ2v) is 6.52. The Morgan fingerprint density at radius 1 is 1.19 bits per heavy atom. The van der Waals surface area contributed by atoms with Gasteiger partial charge in [0.15, 0.2) is 0 Å². The van der Waals surface area contributed by atoms with Crippen LogP contribution in [0.3, 0.4) is 0 Å². The zero-order valence-corrected chi connectivity index (χ0v) is 13.5. The first kappa shape index (κ1) is 13.9. The molecular weight excluding hydrogens is 280 g/mol. The van der Waals surface area contributed by atoms with Gasteiger partial charge in [0, 0.05) is 30.9 Å². The molecule has 5 heteroatoms. The first-order valence-corrected chi connectivity index (χ1v) is 7.71. The Labute approximate surface area is 128 Å². The number of fused-ring (bicyclic) bond motifs is 1. The number of hydrogen-bond donors (Lipinski definition) is 0. The quantitative estimate of drug-likeness (QED) is 0.740. The van der Waals surface area contributed by atoms with Gasteiger partial charge >= 0.3 is 0 Å². The molecule has 0 radical (unpaired) electrons. The average molecular weight is 298 g/mol. The predicted molar refractivity (Wildman–Crippen MR) is 88.0 cm³/mol. The second-order valence-electron chi connectivity index (χ2n) is 5.32. The van der Waals surface area contributed by atoms with E-state index in [2.05, 4.69) is 53.7 Å². The van der Waals surface area contributed by atoms with Gasteiger partial charge < -0.3 is 4.90 Å². The summed E-state index contributed by atoms with van der Waals surface area (Å²) in [6, 6.07) is 2.07. The summed E-state index contributed by atoms with van der Waals surface area (Å²) in [6.07, 6.45) is 5.40. The lowest BCUT2D eigenvalue weighted by Gasteiger charge is -2.20. The normalized spacial score (nSPS) is 11.0. The Hall–Kier alpha value is -2.01. The Balaban J connectivity index is 2.02. The largest absolute Gasteiger partial charge is 0.355 e. The monoisotopic (exact) mass is 298 g/mol. The van der Waals surface area contributed by atoms with Gasteiger partial charge in [-0.2, -0.15) is 0 Å². The van der Waals surface area contributed by atoms with Gasteiger partial charge in [-0.1, -0.05) is 0 Å². The molecule has 3 heterocycles. The molecule has 0 N–H and O–H groups in total. The Bertz CT molecular complexity index is 794. The lowest BCUT2D eigenvalue weighted by Crippen LogP contribution is -2.19. The topological polar surface area (TPSA) is 41.9 Å². The van der Waals surface area contributed by atoms with Gasteiger partial charge in [0.05, 0.1) is 5.39 Å². The Morgan fingerprint density at radius 3 is 2.76 bits per heavy atom. The highest BCUT2D eigenvalue weighted by Gasteiger charge is 2.15. The Kier molecular flexibility index (Phi) is 3.59. The van der Waals surface area contributed by atoms with Gasteiger partial charge in [-0.15, -0.1) is 11.3 Å². The molecule has 108 valence electrons. The molecule has 3 aromatic heterocycles. The van der Waals surface area contributed by atoms with Crippen LogP contribution < -0.4 is 4.90 Å². The van der Waals surface area contributed by atoms with E-state index in [0.717, 1.165) is 17.2 Å². The maximum Gasteiger partial charge on any atom is 0.141 e. The molecule has 0 saturated carbocycles. The van der Waals surface area contributed by atoms with Crippen LogP contribution in [-0.4, -0.2) is 22.0 Å². The molecule has 4 nitrogen and oxygen atoms in total. The van der Waals surface area contributed by atoms with E-state index in [1.54, 1.807) is 17.7 Å². The van der Waals surface area contributed by atoms with E-state index < -0.39 is 0 Å². The van der Waals surface area contributed by atoms with Crippen LogP contribution in [0.25, 0.3) is 10.2 Å². The molecule has 0 atom stereocenters. The molecule has 0 aliphatic rings. The third-order valence-corrected chi connectivity index (χ3v) is 4.97. The first-order chi connectivity index (χ1) is 10.1. The van der Waals surface area contributed by atoms with E-state index >= 15 is 0 Å². The third-order valence-electron chi connectivity index (χ3n) is 3.85. The summed E-state index contributed by atoms with van der Waals surface area (Å²) in [7, 11) is 2.08. The number of thiophene rings is 1. The van der Waals surface area contributed by atoms with Crippen molar-refractivity contribution in [2.75, 3.05) is 11.9 Å². The number of nitrogens with zero attached hydrogens (tertiary/aromatic N) is 4. The van der Waals surface area contributed by atoms with Crippen molar-refractivity contribution >= 4 is 27.4 Å². The molecule has 21 heavy (non-hydrogen) atoms. The van der Waals surface area contributed by atoms with Gasteiger partial charge in [-0.05, 0) is 43.5 Å². The number of pyridine rings is 1. The lowest BCUT2D eigenvalue weighted by atomic mass is 10.1. The molecule has 3 aromatic rings. The molecule has 0 bridgehead atoms. The van der Waals surface area contributed by atoms with Crippen molar-refractivity contribution in [3.8, 4) is 0 Å². The van der Waals surface area contributed by atoms with Crippen LogP contribution in [0.1, 0.15) is 21.6 Å². The van der Waals surface area contributed by atoms with Crippen LogP contribution in [0.4, 0.5) is 5.82 Å². The summed E-state index contributed by atoms with van der Waals surface area (Å²) in [4.78, 5) is 17.6. The number of hydrogen-bond acceptors (Lipinski definition) is 5. The van der Waals surface area contributed by atoms with Crippen LogP contribution in [0, 0.1) is 20.8 Å². The van der Waals surface area contributed by atoms with Gasteiger partial charge in [0.2, 0.25) is 0 Å². The third kappa shape index (κ3) is 2.49. The van der Waals surface area contributed by atoms with Crippen LogP contribution in [0.15, 0.2) is 24.8 Å². The fourth-order valence-electron chi connectivity index (χ4n) is 2.46. The van der Waals surface area contributed by atoms with E-state index in [1.165, 1.54) is 27.0 Å². The van der Waals surface area contributed by atoms with E-state index in [0.29, 0.717) is 0 Å². The van der Waals surface area contributed by atoms with Gasteiger partial charge in [0.1, 0.15) is 17.0 Å². The summed E-state index contributed by atoms with van der Waals surface area (Å²) in [6.45, 7) is 7.19. The Morgan fingerprint density at radius 2 is 2.00 bits per heavy atom. The molecule has 0 aromatic carbocycles. The number of aryl methyl sites for hydroxylation is 3. The summed E-state index contributed by atoms with van der Waals surface area (Å²) in [5.41, 5.74) is 3.75. The smallest absolute Gasteiger partial charge is 0.141 e. The molecule has 0 saturated heterocycles. The number of aromatic nitrogens is 3. The van der Waals surface area contributed by atoms with E-state index in [1.807, 2.05) is 12.4 Å². The van der Waals surface area contributed by atoms with Crippen LogP contribution in [0.5, 0.6) is 0 Å². The molecule has 0 spiro atoms. The van der Waals surface area contributed by atoms with Crippen LogP contribution in [-0.2, 0) is 6.54 Å². The van der Waals surface area contributed by atoms with E-state index in [-0.39, 0.29) is 0 Å². The standard InChI is InChI=1S/C16H18N4S/c1-10-7-17-6-5-13(10)8-20(4)15-14-11(2)12(3)21-16(14)19-9-18-15/h5-7,9H,8H2,1-4H3. The summed E-state index contributed by atoms with van der Waals surface area (Å²) in [5.74, 6) is 0.998. The molecule has 0 unspecified atom stereocenters. The molecule has 0 fully saturated rings.